The van der Waals surface area contributed by atoms with Crippen LogP contribution in [0.4, 0.5) is 13.2 Å². The summed E-state index contributed by atoms with van der Waals surface area (Å²) >= 11 is 1.50. The first-order chi connectivity index (χ1) is 9.76. The lowest BCUT2D eigenvalue weighted by Gasteiger charge is -2.18. The fourth-order valence-electron chi connectivity index (χ4n) is 2.21. The molecule has 0 aromatic carbocycles. The number of amides is 2. The van der Waals surface area contributed by atoms with Crippen LogP contribution in [0.3, 0.4) is 0 Å². The number of thiophene rings is 1. The maximum Gasteiger partial charge on any atom is 0.406 e. The molecule has 2 rings (SSSR count). The first-order valence-corrected chi connectivity index (χ1v) is 7.29. The molecule has 0 aliphatic carbocycles. The number of aryl methyl sites for hydroxylation is 1. The van der Waals surface area contributed by atoms with Crippen molar-refractivity contribution >= 4 is 23.2 Å². The van der Waals surface area contributed by atoms with Crippen molar-refractivity contribution in [1.29, 1.82) is 0 Å². The highest BCUT2D eigenvalue weighted by atomic mass is 32.1. The Bertz CT molecular complexity index is 542. The molecule has 1 unspecified atom stereocenters. The number of halogens is 3. The minimum absolute atomic E-state index is 0.161. The van der Waals surface area contributed by atoms with Crippen LogP contribution in [0.2, 0.25) is 0 Å². The molecule has 1 saturated heterocycles. The minimum Gasteiger partial charge on any atom is -0.351 e. The molecule has 0 bridgehead atoms. The van der Waals surface area contributed by atoms with E-state index in [0.29, 0.717) is 11.4 Å². The molecule has 0 radical (unpaired) electrons. The van der Waals surface area contributed by atoms with Crippen LogP contribution in [0.15, 0.2) is 11.4 Å². The molecule has 1 aliphatic heterocycles. The van der Waals surface area contributed by atoms with Crippen LogP contribution in [0, 0.1) is 12.8 Å². The maximum absolute atomic E-state index is 12.3. The van der Waals surface area contributed by atoms with Gasteiger partial charge in [0.2, 0.25) is 11.8 Å². The molecule has 4 nitrogen and oxygen atoms in total. The van der Waals surface area contributed by atoms with Gasteiger partial charge in [-0.05, 0) is 23.9 Å². The first-order valence-electron chi connectivity index (χ1n) is 6.41. The van der Waals surface area contributed by atoms with E-state index in [0.717, 1.165) is 10.4 Å². The Morgan fingerprint density at radius 3 is 2.81 bits per heavy atom. The van der Waals surface area contributed by atoms with Gasteiger partial charge in [-0.15, -0.1) is 11.3 Å². The summed E-state index contributed by atoms with van der Waals surface area (Å²) in [5.41, 5.74) is 1.06. The number of nitrogens with one attached hydrogen (secondary N) is 1. The molecule has 116 valence electrons. The largest absolute Gasteiger partial charge is 0.406 e. The van der Waals surface area contributed by atoms with Gasteiger partial charge in [0.05, 0.1) is 12.5 Å². The van der Waals surface area contributed by atoms with E-state index < -0.39 is 24.5 Å². The average molecular weight is 320 g/mol. The Balaban J connectivity index is 1.87. The van der Waals surface area contributed by atoms with Gasteiger partial charge in [-0.25, -0.2) is 0 Å². The van der Waals surface area contributed by atoms with Crippen molar-refractivity contribution in [2.75, 3.05) is 13.1 Å². The second kappa shape index (κ2) is 6.05. The smallest absolute Gasteiger partial charge is 0.351 e. The monoisotopic (exact) mass is 320 g/mol. The molecule has 1 atom stereocenters. The zero-order chi connectivity index (χ0) is 15.6. The second-order valence-electron chi connectivity index (χ2n) is 5.04. The lowest BCUT2D eigenvalue weighted by atomic mass is 10.1. The number of hydrogen-bond donors (Lipinski definition) is 1. The molecular formula is C13H15F3N2O2S. The number of likely N-dealkylation sites (tertiary alicyclic amines) is 1. The lowest BCUT2D eigenvalue weighted by Crippen LogP contribution is -2.37. The van der Waals surface area contributed by atoms with E-state index in [1.165, 1.54) is 11.3 Å². The highest BCUT2D eigenvalue weighted by Gasteiger charge is 2.40. The van der Waals surface area contributed by atoms with Crippen LogP contribution in [-0.2, 0) is 16.1 Å². The van der Waals surface area contributed by atoms with E-state index in [2.05, 4.69) is 5.32 Å². The molecule has 0 saturated carbocycles. The molecule has 1 fully saturated rings. The predicted molar refractivity (Wildman–Crippen MR) is 71.6 cm³/mol. The van der Waals surface area contributed by atoms with Gasteiger partial charge in [-0.1, -0.05) is 0 Å². The molecular weight excluding hydrogens is 305 g/mol. The van der Waals surface area contributed by atoms with E-state index in [1.54, 1.807) is 0 Å². The summed E-state index contributed by atoms with van der Waals surface area (Å²) < 4.78 is 36.9. The van der Waals surface area contributed by atoms with Crippen molar-refractivity contribution in [1.82, 2.24) is 10.2 Å². The molecule has 0 spiro atoms. The predicted octanol–water partition coefficient (Wildman–Crippen LogP) is 2.08. The summed E-state index contributed by atoms with van der Waals surface area (Å²) in [5.74, 6) is -1.71. The highest BCUT2D eigenvalue weighted by molar-refractivity contribution is 7.10. The third kappa shape index (κ3) is 4.20. The third-order valence-electron chi connectivity index (χ3n) is 3.35. The fraction of sp³-hybridized carbons (Fsp3) is 0.538. The summed E-state index contributed by atoms with van der Waals surface area (Å²) in [6, 6.07) is 1.93. The lowest BCUT2D eigenvalue weighted by molar-refractivity contribution is -0.157. The van der Waals surface area contributed by atoms with Gasteiger partial charge in [-0.2, -0.15) is 13.2 Å². The molecule has 1 N–H and O–H groups in total. The van der Waals surface area contributed by atoms with Crippen LogP contribution in [-0.4, -0.2) is 36.0 Å². The van der Waals surface area contributed by atoms with Crippen LogP contribution in [0.25, 0.3) is 0 Å². The van der Waals surface area contributed by atoms with Gasteiger partial charge < -0.3 is 10.2 Å². The zero-order valence-corrected chi connectivity index (χ0v) is 12.2. The van der Waals surface area contributed by atoms with Crippen molar-refractivity contribution in [2.24, 2.45) is 5.92 Å². The molecule has 1 aliphatic rings. The molecule has 21 heavy (non-hydrogen) atoms. The normalized spacial score (nSPS) is 19.1. The number of rotatable bonds is 4. The van der Waals surface area contributed by atoms with E-state index >= 15 is 0 Å². The van der Waals surface area contributed by atoms with Crippen LogP contribution in [0.1, 0.15) is 16.9 Å². The SMILES string of the molecule is Cc1ccsc1CNC(=O)C1CC(=O)N(CC(F)(F)F)C1. The summed E-state index contributed by atoms with van der Waals surface area (Å²) in [5, 5.41) is 4.59. The molecule has 2 amide bonds. The molecule has 2 heterocycles. The maximum atomic E-state index is 12.3. The second-order valence-corrected chi connectivity index (χ2v) is 6.04. The summed E-state index contributed by atoms with van der Waals surface area (Å²) in [6.45, 7) is 0.793. The van der Waals surface area contributed by atoms with E-state index in [9.17, 15) is 22.8 Å². The molecule has 8 heteroatoms. The highest BCUT2D eigenvalue weighted by Crippen LogP contribution is 2.24. The fourth-order valence-corrected chi connectivity index (χ4v) is 3.06. The number of hydrogen-bond acceptors (Lipinski definition) is 3. The van der Waals surface area contributed by atoms with Gasteiger partial charge in [0.1, 0.15) is 6.54 Å². The van der Waals surface area contributed by atoms with Crippen LogP contribution in [0.5, 0.6) is 0 Å². The van der Waals surface area contributed by atoms with Gasteiger partial charge in [0.15, 0.2) is 0 Å². The summed E-state index contributed by atoms with van der Waals surface area (Å²) in [4.78, 5) is 25.1. The Morgan fingerprint density at radius 2 is 2.24 bits per heavy atom. The Kier molecular flexibility index (Phi) is 4.55. The number of nitrogens with zero attached hydrogens (tertiary/aromatic N) is 1. The van der Waals surface area contributed by atoms with Gasteiger partial charge in [0.25, 0.3) is 0 Å². The Labute approximate surface area is 123 Å². The standard InChI is InChI=1S/C13H15F3N2O2S/c1-8-2-3-21-10(8)5-17-12(20)9-4-11(19)18(6-9)7-13(14,15)16/h2-3,9H,4-7H2,1H3,(H,17,20). The molecule has 1 aromatic heterocycles. The first kappa shape index (κ1) is 15.8. The summed E-state index contributed by atoms with van der Waals surface area (Å²) in [7, 11) is 0. The van der Waals surface area contributed by atoms with E-state index in [-0.39, 0.29) is 18.9 Å². The Hall–Kier alpha value is -1.57. The Morgan fingerprint density at radius 1 is 1.52 bits per heavy atom. The minimum atomic E-state index is -4.44. The van der Waals surface area contributed by atoms with Gasteiger partial charge >= 0.3 is 6.18 Å². The number of carbonyl (C=O) groups excluding carboxylic acids is 2. The quantitative estimate of drug-likeness (QED) is 0.923. The average Bonchev–Trinajstić information content (AvgIpc) is 2.92. The number of carbonyl (C=O) groups is 2. The third-order valence-corrected chi connectivity index (χ3v) is 4.37. The zero-order valence-electron chi connectivity index (χ0n) is 11.4. The van der Waals surface area contributed by atoms with Crippen LogP contribution < -0.4 is 5.32 Å². The van der Waals surface area contributed by atoms with Crippen molar-refractivity contribution in [3.8, 4) is 0 Å². The van der Waals surface area contributed by atoms with Crippen molar-refractivity contribution in [3.63, 3.8) is 0 Å². The van der Waals surface area contributed by atoms with E-state index in [4.69, 9.17) is 0 Å². The van der Waals surface area contributed by atoms with Crippen molar-refractivity contribution in [3.05, 3.63) is 21.9 Å². The van der Waals surface area contributed by atoms with Crippen molar-refractivity contribution in [2.45, 2.75) is 26.1 Å². The van der Waals surface area contributed by atoms with Gasteiger partial charge in [-0.3, -0.25) is 9.59 Å². The van der Waals surface area contributed by atoms with Crippen molar-refractivity contribution < 1.29 is 22.8 Å². The van der Waals surface area contributed by atoms with E-state index in [1.807, 2.05) is 18.4 Å². The molecule has 1 aromatic rings. The summed E-state index contributed by atoms with van der Waals surface area (Å²) in [6.07, 6.45) is -4.60. The van der Waals surface area contributed by atoms with Crippen LogP contribution >= 0.6 is 11.3 Å². The topological polar surface area (TPSA) is 49.4 Å². The van der Waals surface area contributed by atoms with Gasteiger partial charge in [0, 0.05) is 17.8 Å². The number of alkyl halides is 3.